The number of anilines is 1. The van der Waals surface area contributed by atoms with E-state index in [4.69, 9.17) is 15.2 Å². The summed E-state index contributed by atoms with van der Waals surface area (Å²) < 4.78 is 10.6. The highest BCUT2D eigenvalue weighted by molar-refractivity contribution is 7.17. The fourth-order valence-corrected chi connectivity index (χ4v) is 5.01. The zero-order valence-electron chi connectivity index (χ0n) is 16.4. The molecule has 0 bridgehead atoms. The summed E-state index contributed by atoms with van der Waals surface area (Å²) in [4.78, 5) is 27.7. The molecule has 28 heavy (non-hydrogen) atoms. The minimum absolute atomic E-state index is 0.335. The third-order valence-electron chi connectivity index (χ3n) is 4.95. The molecule has 1 aliphatic heterocycles. The maximum atomic E-state index is 12.9. The fraction of sp³-hybridized carbons (Fsp3) is 0.400. The number of hydrogen-bond acceptors (Lipinski definition) is 5. The molecule has 0 aliphatic carbocycles. The molecule has 8 heteroatoms. The molecule has 1 unspecified atom stereocenters. The molecule has 1 aromatic carbocycles. The van der Waals surface area contributed by atoms with Crippen LogP contribution >= 0.6 is 11.3 Å². The molecule has 3 rings (SSSR count). The molecule has 0 fully saturated rings. The van der Waals surface area contributed by atoms with Crippen molar-refractivity contribution in [2.24, 2.45) is 5.73 Å². The lowest BCUT2D eigenvalue weighted by Gasteiger charge is -2.23. The topological polar surface area (TPSA) is 95.1 Å². The van der Waals surface area contributed by atoms with Crippen molar-refractivity contribution in [3.63, 3.8) is 0 Å². The van der Waals surface area contributed by atoms with Crippen LogP contribution in [0.3, 0.4) is 0 Å². The lowest BCUT2D eigenvalue weighted by Crippen LogP contribution is -3.11. The molecule has 2 heterocycles. The lowest BCUT2D eigenvalue weighted by molar-refractivity contribution is -0.915. The third-order valence-corrected chi connectivity index (χ3v) is 6.10. The van der Waals surface area contributed by atoms with Gasteiger partial charge in [0.15, 0.2) is 11.5 Å². The van der Waals surface area contributed by atoms with E-state index in [1.54, 1.807) is 18.2 Å². The zero-order valence-corrected chi connectivity index (χ0v) is 17.2. The van der Waals surface area contributed by atoms with Gasteiger partial charge in [-0.1, -0.05) is 13.0 Å². The number of nitrogens with two attached hydrogens (primary N) is 1. The second-order valence-corrected chi connectivity index (χ2v) is 7.85. The second kappa shape index (κ2) is 8.62. The largest absolute Gasteiger partial charge is 0.493 e. The SMILES string of the molecule is CCC[NH+]1CCc2c(sc(NC(=O)c3cccc(OC)c3OC)c2C(N)=O)C1. The number of nitrogens with one attached hydrogen (secondary N) is 2. The monoisotopic (exact) mass is 404 g/mol. The summed E-state index contributed by atoms with van der Waals surface area (Å²) >= 11 is 1.44. The van der Waals surface area contributed by atoms with Crippen molar-refractivity contribution in [1.29, 1.82) is 0 Å². The molecule has 2 aromatic rings. The van der Waals surface area contributed by atoms with Crippen molar-refractivity contribution < 1.29 is 24.0 Å². The van der Waals surface area contributed by atoms with E-state index in [1.165, 1.54) is 30.5 Å². The number of carbonyl (C=O) groups is 2. The van der Waals surface area contributed by atoms with E-state index in [0.717, 1.165) is 42.9 Å². The summed E-state index contributed by atoms with van der Waals surface area (Å²) in [6, 6.07) is 5.09. The normalized spacial score (nSPS) is 15.6. The van der Waals surface area contributed by atoms with E-state index in [-0.39, 0.29) is 5.91 Å². The number of ether oxygens (including phenoxy) is 2. The Morgan fingerprint density at radius 2 is 2.07 bits per heavy atom. The van der Waals surface area contributed by atoms with Crippen LogP contribution in [0.1, 0.15) is 44.5 Å². The number of hydrogen-bond donors (Lipinski definition) is 3. The van der Waals surface area contributed by atoms with Crippen molar-refractivity contribution in [3.8, 4) is 11.5 Å². The Kier molecular flexibility index (Phi) is 6.21. The summed E-state index contributed by atoms with van der Waals surface area (Å²) in [5, 5.41) is 3.38. The number of rotatable bonds is 7. The van der Waals surface area contributed by atoms with Crippen LogP contribution in [0.25, 0.3) is 0 Å². The van der Waals surface area contributed by atoms with Gasteiger partial charge in [-0.05, 0) is 24.1 Å². The minimum atomic E-state index is -0.510. The Morgan fingerprint density at radius 1 is 1.29 bits per heavy atom. The van der Waals surface area contributed by atoms with Crippen LogP contribution in [0.5, 0.6) is 11.5 Å². The van der Waals surface area contributed by atoms with E-state index >= 15 is 0 Å². The highest BCUT2D eigenvalue weighted by Crippen LogP contribution is 2.36. The Hall–Kier alpha value is -2.58. The molecule has 1 aliphatic rings. The van der Waals surface area contributed by atoms with Gasteiger partial charge < -0.3 is 25.4 Å². The first-order chi connectivity index (χ1) is 13.5. The van der Waals surface area contributed by atoms with Gasteiger partial charge in [0.1, 0.15) is 11.5 Å². The number of para-hydroxylation sites is 1. The first kappa shape index (κ1) is 20.2. The molecule has 4 N–H and O–H groups in total. The van der Waals surface area contributed by atoms with Crippen LogP contribution in [0.4, 0.5) is 5.00 Å². The van der Waals surface area contributed by atoms with Crippen LogP contribution in [-0.4, -0.2) is 39.1 Å². The minimum Gasteiger partial charge on any atom is -0.493 e. The molecule has 1 atom stereocenters. The summed E-state index contributed by atoms with van der Waals surface area (Å²) in [5.74, 6) is -0.0588. The van der Waals surface area contributed by atoms with Crippen molar-refractivity contribution in [2.75, 3.05) is 32.6 Å². The number of carbonyl (C=O) groups excluding carboxylic acids is 2. The highest BCUT2D eigenvalue weighted by atomic mass is 32.1. The van der Waals surface area contributed by atoms with Crippen molar-refractivity contribution >= 4 is 28.2 Å². The number of fused-ring (bicyclic) bond motifs is 1. The average Bonchev–Trinajstić information content (AvgIpc) is 3.04. The maximum Gasteiger partial charge on any atom is 0.260 e. The second-order valence-electron chi connectivity index (χ2n) is 6.74. The molecule has 0 saturated heterocycles. The van der Waals surface area contributed by atoms with Crippen LogP contribution in [0.15, 0.2) is 18.2 Å². The average molecular weight is 405 g/mol. The molecule has 2 amide bonds. The predicted octanol–water partition coefficient (Wildman–Crippen LogP) is 1.47. The van der Waals surface area contributed by atoms with E-state index in [9.17, 15) is 9.59 Å². The van der Waals surface area contributed by atoms with Crippen LogP contribution < -0.4 is 25.4 Å². The van der Waals surface area contributed by atoms with Gasteiger partial charge in [0.2, 0.25) is 0 Å². The van der Waals surface area contributed by atoms with Crippen molar-refractivity contribution in [1.82, 2.24) is 0 Å². The van der Waals surface area contributed by atoms with E-state index in [0.29, 0.717) is 27.6 Å². The van der Waals surface area contributed by atoms with E-state index in [2.05, 4.69) is 12.2 Å². The summed E-state index contributed by atoms with van der Waals surface area (Å²) in [6.45, 7) is 5.08. The Morgan fingerprint density at radius 3 is 2.71 bits per heavy atom. The lowest BCUT2D eigenvalue weighted by atomic mass is 10.0. The standard InChI is InChI=1S/C20H25N3O4S/c1-4-9-23-10-8-12-15(11-23)28-20(16(12)18(21)24)22-19(25)13-6-5-7-14(26-2)17(13)27-3/h5-7H,4,8-11H2,1-3H3,(H2,21,24)(H,22,25)/p+1. The van der Waals surface area contributed by atoms with Gasteiger partial charge >= 0.3 is 0 Å². The van der Waals surface area contributed by atoms with Gasteiger partial charge in [0, 0.05) is 6.42 Å². The summed E-state index contributed by atoms with van der Waals surface area (Å²) in [5.41, 5.74) is 7.41. The number of amides is 2. The Balaban J connectivity index is 1.93. The van der Waals surface area contributed by atoms with Gasteiger partial charge in [-0.2, -0.15) is 0 Å². The molecule has 0 radical (unpaired) electrons. The summed E-state index contributed by atoms with van der Waals surface area (Å²) in [7, 11) is 3.00. The van der Waals surface area contributed by atoms with Gasteiger partial charge in [0.25, 0.3) is 11.8 Å². The van der Waals surface area contributed by atoms with Crippen molar-refractivity contribution in [3.05, 3.63) is 39.8 Å². The first-order valence-electron chi connectivity index (χ1n) is 9.30. The van der Waals surface area contributed by atoms with Gasteiger partial charge in [-0.3, -0.25) is 9.59 Å². The number of benzene rings is 1. The fourth-order valence-electron chi connectivity index (χ4n) is 3.69. The molecule has 0 saturated carbocycles. The van der Waals surface area contributed by atoms with E-state index in [1.807, 2.05) is 0 Å². The number of methoxy groups -OCH3 is 2. The highest BCUT2D eigenvalue weighted by Gasteiger charge is 2.30. The van der Waals surface area contributed by atoms with E-state index < -0.39 is 5.91 Å². The third kappa shape index (κ3) is 3.83. The quantitative estimate of drug-likeness (QED) is 0.651. The maximum absolute atomic E-state index is 12.9. The number of quaternary nitrogens is 1. The molecule has 7 nitrogen and oxygen atoms in total. The van der Waals surface area contributed by atoms with Crippen LogP contribution in [-0.2, 0) is 13.0 Å². The van der Waals surface area contributed by atoms with Gasteiger partial charge in [0.05, 0.1) is 43.3 Å². The molecular weight excluding hydrogens is 378 g/mol. The summed E-state index contributed by atoms with van der Waals surface area (Å²) in [6.07, 6.45) is 1.90. The number of primary amides is 1. The van der Waals surface area contributed by atoms with Crippen LogP contribution in [0.2, 0.25) is 0 Å². The molecule has 150 valence electrons. The predicted molar refractivity (Wildman–Crippen MR) is 109 cm³/mol. The molecular formula is C20H26N3O4S+. The number of thiophene rings is 1. The molecule has 1 aromatic heterocycles. The van der Waals surface area contributed by atoms with Crippen LogP contribution in [0, 0.1) is 0 Å². The molecule has 0 spiro atoms. The smallest absolute Gasteiger partial charge is 0.260 e. The van der Waals surface area contributed by atoms with Gasteiger partial charge in [-0.25, -0.2) is 0 Å². The van der Waals surface area contributed by atoms with Gasteiger partial charge in [-0.15, -0.1) is 11.3 Å². The Labute approximate surface area is 168 Å². The Bertz CT molecular complexity index is 894. The first-order valence-corrected chi connectivity index (χ1v) is 10.1. The van der Waals surface area contributed by atoms with Crippen molar-refractivity contribution in [2.45, 2.75) is 26.3 Å². The zero-order chi connectivity index (χ0) is 20.3.